The van der Waals surface area contributed by atoms with Gasteiger partial charge in [0.05, 0.1) is 11.4 Å². The lowest BCUT2D eigenvalue weighted by Gasteiger charge is -2.24. The van der Waals surface area contributed by atoms with E-state index in [1.807, 2.05) is 0 Å². The highest BCUT2D eigenvalue weighted by Crippen LogP contribution is 2.29. The van der Waals surface area contributed by atoms with Gasteiger partial charge in [-0.05, 0) is 38.3 Å². The number of hydrogen-bond acceptors (Lipinski definition) is 3. The van der Waals surface area contributed by atoms with Gasteiger partial charge in [0.25, 0.3) is 0 Å². The van der Waals surface area contributed by atoms with Gasteiger partial charge in [0.15, 0.2) is 0 Å². The molecule has 100 valence electrons. The first-order valence-corrected chi connectivity index (χ1v) is 6.90. The minimum absolute atomic E-state index is 0.439. The maximum Gasteiger partial charge on any atom is 0.0602 e. The van der Waals surface area contributed by atoms with Crippen LogP contribution in [0.2, 0.25) is 0 Å². The summed E-state index contributed by atoms with van der Waals surface area (Å²) in [6.45, 7) is 5.39. The average Bonchev–Trinajstić information content (AvgIpc) is 2.91. The van der Waals surface area contributed by atoms with Crippen molar-refractivity contribution in [2.24, 2.45) is 0 Å². The average molecular weight is 248 g/mol. The van der Waals surface area contributed by atoms with Gasteiger partial charge < -0.3 is 15.0 Å². The number of methoxy groups -OCH3 is 1. The number of nitrogens with one attached hydrogen (secondary N) is 1. The summed E-state index contributed by atoms with van der Waals surface area (Å²) in [5, 5.41) is 3.60. The molecule has 3 nitrogen and oxygen atoms in total. The molecule has 0 spiro atoms. The highest BCUT2D eigenvalue weighted by Gasteiger charge is 2.15. The maximum atomic E-state index is 5.13. The second-order valence-corrected chi connectivity index (χ2v) is 5.04. The second kappa shape index (κ2) is 6.64. The van der Waals surface area contributed by atoms with Gasteiger partial charge in [0.2, 0.25) is 0 Å². The minimum atomic E-state index is 0.439. The van der Waals surface area contributed by atoms with Crippen molar-refractivity contribution in [3.8, 4) is 0 Å². The van der Waals surface area contributed by atoms with Gasteiger partial charge in [-0.15, -0.1) is 0 Å². The highest BCUT2D eigenvalue weighted by molar-refractivity contribution is 5.70. The van der Waals surface area contributed by atoms with E-state index in [2.05, 4.69) is 41.4 Å². The van der Waals surface area contributed by atoms with Gasteiger partial charge >= 0.3 is 0 Å². The lowest BCUT2D eigenvalue weighted by atomic mass is 10.2. The fourth-order valence-corrected chi connectivity index (χ4v) is 2.46. The van der Waals surface area contributed by atoms with Crippen molar-refractivity contribution in [2.75, 3.05) is 37.0 Å². The zero-order valence-electron chi connectivity index (χ0n) is 11.5. The van der Waals surface area contributed by atoms with E-state index in [4.69, 9.17) is 4.74 Å². The molecule has 1 fully saturated rings. The number of nitrogens with zero attached hydrogens (tertiary/aromatic N) is 1. The molecule has 0 aromatic heterocycles. The topological polar surface area (TPSA) is 24.5 Å². The van der Waals surface area contributed by atoms with E-state index in [0.717, 1.165) is 13.0 Å². The monoisotopic (exact) mass is 248 g/mol. The van der Waals surface area contributed by atoms with E-state index in [1.165, 1.54) is 37.3 Å². The van der Waals surface area contributed by atoms with Gasteiger partial charge in [0.1, 0.15) is 0 Å². The summed E-state index contributed by atoms with van der Waals surface area (Å²) in [6.07, 6.45) is 3.66. The lowest BCUT2D eigenvalue weighted by molar-refractivity contribution is 0.191. The van der Waals surface area contributed by atoms with Gasteiger partial charge in [0, 0.05) is 32.8 Å². The molecule has 1 atom stereocenters. The minimum Gasteiger partial charge on any atom is -0.385 e. The number of hydrogen-bond donors (Lipinski definition) is 1. The fraction of sp³-hybridized carbons (Fsp3) is 0.600. The summed E-state index contributed by atoms with van der Waals surface area (Å²) in [5.41, 5.74) is 2.60. The van der Waals surface area contributed by atoms with Crippen molar-refractivity contribution in [2.45, 2.75) is 32.2 Å². The molecule has 0 bridgehead atoms. The van der Waals surface area contributed by atoms with Gasteiger partial charge in [-0.1, -0.05) is 12.1 Å². The van der Waals surface area contributed by atoms with Crippen LogP contribution in [-0.4, -0.2) is 32.8 Å². The largest absolute Gasteiger partial charge is 0.385 e. The number of ether oxygens (including phenoxy) is 1. The lowest BCUT2D eigenvalue weighted by Crippen LogP contribution is -2.22. The van der Waals surface area contributed by atoms with Crippen molar-refractivity contribution in [1.29, 1.82) is 0 Å². The molecule has 2 rings (SSSR count). The zero-order valence-corrected chi connectivity index (χ0v) is 11.5. The summed E-state index contributed by atoms with van der Waals surface area (Å²) >= 11 is 0. The summed E-state index contributed by atoms with van der Waals surface area (Å²) in [7, 11) is 1.75. The fourth-order valence-electron chi connectivity index (χ4n) is 2.46. The van der Waals surface area contributed by atoms with Crippen LogP contribution in [0.25, 0.3) is 0 Å². The first-order chi connectivity index (χ1) is 8.81. The van der Waals surface area contributed by atoms with Crippen molar-refractivity contribution in [3.63, 3.8) is 0 Å². The molecular formula is C15H24N2O. The molecule has 0 saturated carbocycles. The maximum absolute atomic E-state index is 5.13. The molecule has 1 aliphatic rings. The Labute approximate surface area is 110 Å². The van der Waals surface area contributed by atoms with Crippen molar-refractivity contribution >= 4 is 11.4 Å². The summed E-state index contributed by atoms with van der Waals surface area (Å²) < 4.78 is 5.13. The predicted molar refractivity (Wildman–Crippen MR) is 77.5 cm³/mol. The van der Waals surface area contributed by atoms with Crippen LogP contribution >= 0.6 is 0 Å². The van der Waals surface area contributed by atoms with Crippen LogP contribution in [0, 0.1) is 0 Å². The third-order valence-electron chi connectivity index (χ3n) is 3.51. The Balaban J connectivity index is 2.02. The van der Waals surface area contributed by atoms with E-state index in [0.29, 0.717) is 6.04 Å². The van der Waals surface area contributed by atoms with E-state index >= 15 is 0 Å². The second-order valence-electron chi connectivity index (χ2n) is 5.04. The van der Waals surface area contributed by atoms with Crippen LogP contribution in [0.4, 0.5) is 11.4 Å². The molecule has 3 heteroatoms. The summed E-state index contributed by atoms with van der Waals surface area (Å²) in [4.78, 5) is 2.48. The van der Waals surface area contributed by atoms with Crippen LogP contribution in [0.15, 0.2) is 24.3 Å². The molecule has 1 unspecified atom stereocenters. The van der Waals surface area contributed by atoms with Gasteiger partial charge in [-0.25, -0.2) is 0 Å². The number of anilines is 2. The molecular weight excluding hydrogens is 224 g/mol. The van der Waals surface area contributed by atoms with Crippen molar-refractivity contribution in [3.05, 3.63) is 24.3 Å². The van der Waals surface area contributed by atoms with Crippen molar-refractivity contribution in [1.82, 2.24) is 0 Å². The molecule has 1 N–H and O–H groups in total. The van der Waals surface area contributed by atoms with E-state index in [-0.39, 0.29) is 0 Å². The first-order valence-electron chi connectivity index (χ1n) is 6.90. The Kier molecular flexibility index (Phi) is 4.88. The van der Waals surface area contributed by atoms with E-state index in [1.54, 1.807) is 7.11 Å². The quantitative estimate of drug-likeness (QED) is 0.837. The molecule has 0 amide bonds. The van der Waals surface area contributed by atoms with E-state index in [9.17, 15) is 0 Å². The Morgan fingerprint density at radius 3 is 2.72 bits per heavy atom. The molecule has 1 aromatic carbocycles. The van der Waals surface area contributed by atoms with Crippen LogP contribution in [0.5, 0.6) is 0 Å². The zero-order chi connectivity index (χ0) is 12.8. The molecule has 0 radical (unpaired) electrons. The number of benzene rings is 1. The summed E-state index contributed by atoms with van der Waals surface area (Å²) in [6, 6.07) is 9.06. The standard InChI is InChI=1S/C15H24N2O/c1-13(9-12-18-2)16-14-7-3-4-8-15(14)17-10-5-6-11-17/h3-4,7-8,13,16H,5-6,9-12H2,1-2H3. The third-order valence-corrected chi connectivity index (χ3v) is 3.51. The smallest absolute Gasteiger partial charge is 0.0602 e. The molecule has 1 heterocycles. The first kappa shape index (κ1) is 13.2. The molecule has 1 saturated heterocycles. The van der Waals surface area contributed by atoms with Crippen LogP contribution in [0.3, 0.4) is 0 Å². The Morgan fingerprint density at radius 1 is 1.28 bits per heavy atom. The molecule has 18 heavy (non-hydrogen) atoms. The normalized spacial score (nSPS) is 16.9. The Bertz CT molecular complexity index is 361. The molecule has 1 aliphatic heterocycles. The van der Waals surface area contributed by atoms with Crippen LogP contribution in [0.1, 0.15) is 26.2 Å². The Morgan fingerprint density at radius 2 is 2.00 bits per heavy atom. The third kappa shape index (κ3) is 3.39. The van der Waals surface area contributed by atoms with E-state index < -0.39 is 0 Å². The Hall–Kier alpha value is -1.22. The number of para-hydroxylation sites is 2. The van der Waals surface area contributed by atoms with Crippen LogP contribution in [-0.2, 0) is 4.74 Å². The SMILES string of the molecule is COCCC(C)Nc1ccccc1N1CCCC1. The van der Waals surface area contributed by atoms with Gasteiger partial charge in [-0.2, -0.15) is 0 Å². The number of rotatable bonds is 6. The molecule has 0 aliphatic carbocycles. The van der Waals surface area contributed by atoms with Gasteiger partial charge in [-0.3, -0.25) is 0 Å². The predicted octanol–water partition coefficient (Wildman–Crippen LogP) is 3.12. The highest BCUT2D eigenvalue weighted by atomic mass is 16.5. The molecule has 1 aromatic rings. The summed E-state index contributed by atoms with van der Waals surface area (Å²) in [5.74, 6) is 0. The van der Waals surface area contributed by atoms with Crippen molar-refractivity contribution < 1.29 is 4.74 Å². The van der Waals surface area contributed by atoms with Crippen LogP contribution < -0.4 is 10.2 Å².